The van der Waals surface area contributed by atoms with Gasteiger partial charge in [0.25, 0.3) is 0 Å². The van der Waals surface area contributed by atoms with Gasteiger partial charge in [0, 0.05) is 19.3 Å². The molecule has 0 atom stereocenters. The van der Waals surface area contributed by atoms with Gasteiger partial charge in [-0.15, -0.1) is 0 Å². The lowest BCUT2D eigenvalue weighted by Crippen LogP contribution is -2.24. The summed E-state index contributed by atoms with van der Waals surface area (Å²) in [6.45, 7) is 3.08. The van der Waals surface area contributed by atoms with Gasteiger partial charge in [0.2, 0.25) is 0 Å². The number of hydrogen-bond acceptors (Lipinski definition) is 2. The molecule has 0 radical (unpaired) electrons. The Morgan fingerprint density at radius 3 is 2.00 bits per heavy atom. The number of hydrogen-bond donors (Lipinski definition) is 0. The van der Waals surface area contributed by atoms with Crippen LogP contribution in [0.1, 0.15) is 22.3 Å². The minimum absolute atomic E-state index is 0.477. The van der Waals surface area contributed by atoms with Crippen LogP contribution in [0.15, 0.2) is 72.9 Å². The quantitative estimate of drug-likeness (QED) is 0.590. The van der Waals surface area contributed by atoms with Crippen molar-refractivity contribution >= 4 is 5.82 Å². The van der Waals surface area contributed by atoms with Gasteiger partial charge in [0.05, 0.1) is 5.56 Å². The highest BCUT2D eigenvalue weighted by Crippen LogP contribution is 2.29. The number of aromatic nitrogens is 1. The topological polar surface area (TPSA) is 16.1 Å². The maximum atomic E-state index is 12.8. The molecule has 0 aliphatic rings. The molecule has 0 amide bonds. The zero-order chi connectivity index (χ0) is 18.6. The number of rotatable bonds is 5. The van der Waals surface area contributed by atoms with Crippen LogP contribution in [0.4, 0.5) is 19.0 Å². The first-order chi connectivity index (χ1) is 12.4. The summed E-state index contributed by atoms with van der Waals surface area (Å²) in [5, 5.41) is 0. The summed E-state index contributed by atoms with van der Waals surface area (Å²) in [5.74, 6) is 0.830. The monoisotopic (exact) mass is 356 g/mol. The van der Waals surface area contributed by atoms with Crippen LogP contribution in [-0.2, 0) is 19.3 Å². The number of aryl methyl sites for hydroxylation is 1. The van der Waals surface area contributed by atoms with Crippen molar-refractivity contribution in [2.45, 2.75) is 26.2 Å². The third kappa shape index (κ3) is 4.42. The molecule has 1 aromatic heterocycles. The molecule has 5 heteroatoms. The third-order valence-electron chi connectivity index (χ3n) is 4.15. The lowest BCUT2D eigenvalue weighted by atomic mass is 10.1. The minimum atomic E-state index is -4.32. The molecule has 0 aliphatic carbocycles. The van der Waals surface area contributed by atoms with Gasteiger partial charge in [0.1, 0.15) is 5.82 Å². The molecule has 0 saturated heterocycles. The van der Waals surface area contributed by atoms with Crippen LogP contribution in [-0.4, -0.2) is 4.98 Å². The van der Waals surface area contributed by atoms with E-state index in [1.54, 1.807) is 6.20 Å². The molecule has 2 aromatic carbocycles. The van der Waals surface area contributed by atoms with Crippen LogP contribution in [0, 0.1) is 6.92 Å². The average Bonchev–Trinajstić information content (AvgIpc) is 2.62. The Balaban J connectivity index is 1.87. The Labute approximate surface area is 150 Å². The van der Waals surface area contributed by atoms with E-state index in [1.807, 2.05) is 49.4 Å². The van der Waals surface area contributed by atoms with Gasteiger partial charge < -0.3 is 4.90 Å². The molecule has 0 aliphatic heterocycles. The van der Waals surface area contributed by atoms with Gasteiger partial charge >= 0.3 is 6.18 Å². The standard InChI is InChI=1S/C21H19F3N2/c1-16-6-5-13-25-20(16)26(14-17-7-3-2-4-8-17)15-18-9-11-19(12-10-18)21(22,23)24/h2-13H,14-15H2,1H3. The number of pyridine rings is 1. The van der Waals surface area contributed by atoms with Crippen LogP contribution >= 0.6 is 0 Å². The predicted octanol–water partition coefficient (Wildman–Crippen LogP) is 5.62. The van der Waals surface area contributed by atoms with Crippen molar-refractivity contribution in [1.29, 1.82) is 0 Å². The molecule has 0 saturated carbocycles. The summed E-state index contributed by atoms with van der Waals surface area (Å²) in [7, 11) is 0. The van der Waals surface area contributed by atoms with E-state index in [0.29, 0.717) is 13.1 Å². The first-order valence-electron chi connectivity index (χ1n) is 8.30. The second kappa shape index (κ2) is 7.60. The largest absolute Gasteiger partial charge is 0.416 e. The van der Waals surface area contributed by atoms with Crippen molar-refractivity contribution in [2.75, 3.05) is 4.90 Å². The second-order valence-electron chi connectivity index (χ2n) is 6.18. The summed E-state index contributed by atoms with van der Waals surface area (Å²) < 4.78 is 38.3. The lowest BCUT2D eigenvalue weighted by molar-refractivity contribution is -0.137. The van der Waals surface area contributed by atoms with E-state index in [1.165, 1.54) is 12.1 Å². The molecular formula is C21H19F3N2. The zero-order valence-corrected chi connectivity index (χ0v) is 14.4. The Morgan fingerprint density at radius 2 is 1.42 bits per heavy atom. The molecule has 0 fully saturated rings. The molecule has 0 bridgehead atoms. The normalized spacial score (nSPS) is 11.4. The molecule has 3 aromatic rings. The van der Waals surface area contributed by atoms with Gasteiger partial charge in [-0.3, -0.25) is 0 Å². The molecule has 0 unspecified atom stereocenters. The van der Waals surface area contributed by atoms with Crippen molar-refractivity contribution in [1.82, 2.24) is 4.98 Å². The summed E-state index contributed by atoms with van der Waals surface area (Å²) in [6.07, 6.45) is -2.59. The van der Waals surface area contributed by atoms with Crippen molar-refractivity contribution in [3.63, 3.8) is 0 Å². The predicted molar refractivity (Wildman–Crippen MR) is 96.7 cm³/mol. The number of benzene rings is 2. The number of alkyl halides is 3. The summed E-state index contributed by atoms with van der Waals surface area (Å²) in [4.78, 5) is 6.55. The number of anilines is 1. The number of halogens is 3. The van der Waals surface area contributed by atoms with Crippen LogP contribution in [0.3, 0.4) is 0 Å². The Bertz CT molecular complexity index is 843. The SMILES string of the molecule is Cc1cccnc1N(Cc1ccccc1)Cc1ccc(C(F)(F)F)cc1. The molecule has 0 N–H and O–H groups in total. The molecule has 2 nitrogen and oxygen atoms in total. The summed E-state index contributed by atoms with van der Waals surface area (Å²) in [6, 6.07) is 19.1. The molecule has 1 heterocycles. The van der Waals surface area contributed by atoms with Gasteiger partial charge in [0.15, 0.2) is 0 Å². The van der Waals surface area contributed by atoms with E-state index >= 15 is 0 Å². The average molecular weight is 356 g/mol. The van der Waals surface area contributed by atoms with E-state index < -0.39 is 11.7 Å². The summed E-state index contributed by atoms with van der Waals surface area (Å²) >= 11 is 0. The third-order valence-corrected chi connectivity index (χ3v) is 4.15. The molecule has 3 rings (SSSR count). The maximum absolute atomic E-state index is 12.8. The van der Waals surface area contributed by atoms with E-state index in [-0.39, 0.29) is 0 Å². The highest BCUT2D eigenvalue weighted by molar-refractivity contribution is 5.47. The molecule has 0 spiro atoms. The number of nitrogens with zero attached hydrogens (tertiary/aromatic N) is 2. The van der Waals surface area contributed by atoms with E-state index in [4.69, 9.17) is 0 Å². The Hall–Kier alpha value is -2.82. The fourth-order valence-corrected chi connectivity index (χ4v) is 2.84. The van der Waals surface area contributed by atoms with Crippen LogP contribution in [0.5, 0.6) is 0 Å². The zero-order valence-electron chi connectivity index (χ0n) is 14.4. The first kappa shape index (κ1) is 18.0. The lowest BCUT2D eigenvalue weighted by Gasteiger charge is -2.25. The maximum Gasteiger partial charge on any atom is 0.416 e. The second-order valence-corrected chi connectivity index (χ2v) is 6.18. The fourth-order valence-electron chi connectivity index (χ4n) is 2.84. The van der Waals surface area contributed by atoms with Gasteiger partial charge in [-0.05, 0) is 41.8 Å². The first-order valence-corrected chi connectivity index (χ1v) is 8.30. The minimum Gasteiger partial charge on any atom is -0.348 e. The van der Waals surface area contributed by atoms with Crippen LogP contribution in [0.25, 0.3) is 0 Å². The van der Waals surface area contributed by atoms with Crippen molar-refractivity contribution in [2.24, 2.45) is 0 Å². The smallest absolute Gasteiger partial charge is 0.348 e. The van der Waals surface area contributed by atoms with E-state index in [9.17, 15) is 13.2 Å². The molecule has 26 heavy (non-hydrogen) atoms. The van der Waals surface area contributed by atoms with E-state index in [0.717, 1.165) is 34.6 Å². The fraction of sp³-hybridized carbons (Fsp3) is 0.190. The van der Waals surface area contributed by atoms with Gasteiger partial charge in [-0.2, -0.15) is 13.2 Å². The molecule has 134 valence electrons. The highest BCUT2D eigenvalue weighted by Gasteiger charge is 2.30. The van der Waals surface area contributed by atoms with E-state index in [2.05, 4.69) is 9.88 Å². The van der Waals surface area contributed by atoms with Gasteiger partial charge in [-0.1, -0.05) is 48.5 Å². The van der Waals surface area contributed by atoms with Crippen LogP contribution in [0.2, 0.25) is 0 Å². The van der Waals surface area contributed by atoms with Gasteiger partial charge in [-0.25, -0.2) is 4.98 Å². The van der Waals surface area contributed by atoms with Crippen molar-refractivity contribution in [3.05, 3.63) is 95.2 Å². The van der Waals surface area contributed by atoms with Crippen molar-refractivity contribution < 1.29 is 13.2 Å². The highest BCUT2D eigenvalue weighted by atomic mass is 19.4. The summed E-state index contributed by atoms with van der Waals surface area (Å²) in [5.41, 5.74) is 2.31. The van der Waals surface area contributed by atoms with Crippen molar-refractivity contribution in [3.8, 4) is 0 Å². The Morgan fingerprint density at radius 1 is 0.808 bits per heavy atom. The van der Waals surface area contributed by atoms with Crippen LogP contribution < -0.4 is 4.90 Å². The molecular weight excluding hydrogens is 337 g/mol. The Kier molecular flexibility index (Phi) is 5.26.